The Morgan fingerprint density at radius 2 is 1.93 bits per heavy atom. The quantitative estimate of drug-likeness (QED) is 0.717. The molecule has 0 aromatic heterocycles. The van der Waals surface area contributed by atoms with Gasteiger partial charge in [-0.1, -0.05) is 30.3 Å². The molecule has 1 nitrogen and oxygen atoms in total. The summed E-state index contributed by atoms with van der Waals surface area (Å²) in [5.41, 5.74) is 1.32. The van der Waals surface area contributed by atoms with Crippen molar-refractivity contribution in [3.05, 3.63) is 35.9 Å². The predicted octanol–water partition coefficient (Wildman–Crippen LogP) is 2.84. The summed E-state index contributed by atoms with van der Waals surface area (Å²) < 4.78 is 0. The van der Waals surface area contributed by atoms with Gasteiger partial charge in [0.2, 0.25) is 0 Å². The molecule has 1 aromatic rings. The Kier molecular flexibility index (Phi) is 2.12. The van der Waals surface area contributed by atoms with Crippen molar-refractivity contribution < 1.29 is 4.79 Å². The molecular formula is C14H16O. The van der Waals surface area contributed by atoms with Crippen LogP contribution in [0.5, 0.6) is 0 Å². The molecule has 2 saturated carbocycles. The largest absolute Gasteiger partial charge is 0.299 e. The fraction of sp³-hybridized carbons (Fsp3) is 0.500. The summed E-state index contributed by atoms with van der Waals surface area (Å²) >= 11 is 0. The molecule has 0 heterocycles. The number of Topliss-reactive ketones (excluding diaryl/α,β-unsaturated/α-hetero) is 1. The summed E-state index contributed by atoms with van der Waals surface area (Å²) in [6.07, 6.45) is 4.60. The molecule has 2 aliphatic carbocycles. The highest BCUT2D eigenvalue weighted by Crippen LogP contribution is 2.46. The summed E-state index contributed by atoms with van der Waals surface area (Å²) in [4.78, 5) is 12.0. The van der Waals surface area contributed by atoms with Gasteiger partial charge < -0.3 is 0 Å². The van der Waals surface area contributed by atoms with Crippen molar-refractivity contribution in [3.8, 4) is 0 Å². The highest BCUT2D eigenvalue weighted by molar-refractivity contribution is 5.87. The van der Waals surface area contributed by atoms with Crippen molar-refractivity contribution in [2.24, 2.45) is 17.8 Å². The summed E-state index contributed by atoms with van der Waals surface area (Å²) in [5, 5.41) is 0. The van der Waals surface area contributed by atoms with Crippen LogP contribution >= 0.6 is 0 Å². The molecule has 1 heteroatoms. The lowest BCUT2D eigenvalue weighted by Crippen LogP contribution is -2.23. The number of hydrogen-bond donors (Lipinski definition) is 0. The second-order valence-corrected chi connectivity index (χ2v) is 4.97. The van der Waals surface area contributed by atoms with Crippen LogP contribution in [0.15, 0.2) is 30.3 Å². The van der Waals surface area contributed by atoms with Crippen LogP contribution < -0.4 is 0 Å². The third-order valence-corrected chi connectivity index (χ3v) is 4.11. The highest BCUT2D eigenvalue weighted by Gasteiger charge is 2.46. The molecule has 3 unspecified atom stereocenters. The molecule has 3 atom stereocenters. The molecule has 3 rings (SSSR count). The van der Waals surface area contributed by atoms with E-state index in [4.69, 9.17) is 0 Å². The molecule has 0 spiro atoms. The molecule has 78 valence electrons. The second-order valence-electron chi connectivity index (χ2n) is 4.97. The SMILES string of the molecule is O=C1C2CCC(C2)C1Cc1ccccc1. The van der Waals surface area contributed by atoms with Crippen molar-refractivity contribution in [3.63, 3.8) is 0 Å². The Morgan fingerprint density at radius 3 is 2.60 bits per heavy atom. The van der Waals surface area contributed by atoms with Gasteiger partial charge in [0.25, 0.3) is 0 Å². The Balaban J connectivity index is 1.77. The number of rotatable bonds is 2. The number of hydrogen-bond acceptors (Lipinski definition) is 1. The highest BCUT2D eigenvalue weighted by atomic mass is 16.1. The van der Waals surface area contributed by atoms with E-state index >= 15 is 0 Å². The van der Waals surface area contributed by atoms with Crippen LogP contribution in [0.4, 0.5) is 0 Å². The third kappa shape index (κ3) is 1.50. The smallest absolute Gasteiger partial charge is 0.139 e. The molecule has 2 bridgehead atoms. The minimum atomic E-state index is 0.339. The molecule has 0 radical (unpaired) electrons. The van der Waals surface area contributed by atoms with Gasteiger partial charge in [0.05, 0.1) is 0 Å². The molecule has 0 saturated heterocycles. The second kappa shape index (κ2) is 3.48. The minimum absolute atomic E-state index is 0.339. The van der Waals surface area contributed by atoms with E-state index in [1.807, 2.05) is 6.07 Å². The number of carbonyl (C=O) groups excluding carboxylic acids is 1. The van der Waals surface area contributed by atoms with E-state index in [2.05, 4.69) is 24.3 Å². The van der Waals surface area contributed by atoms with Crippen LogP contribution in [-0.2, 0) is 11.2 Å². The molecule has 15 heavy (non-hydrogen) atoms. The van der Waals surface area contributed by atoms with Crippen LogP contribution in [0.25, 0.3) is 0 Å². The van der Waals surface area contributed by atoms with E-state index < -0.39 is 0 Å². The van der Waals surface area contributed by atoms with Crippen molar-refractivity contribution in [2.45, 2.75) is 25.7 Å². The van der Waals surface area contributed by atoms with Gasteiger partial charge in [0.1, 0.15) is 5.78 Å². The average Bonchev–Trinajstić information content (AvgIpc) is 2.84. The molecule has 1 aromatic carbocycles. The zero-order valence-electron chi connectivity index (χ0n) is 8.86. The zero-order valence-corrected chi connectivity index (χ0v) is 8.86. The fourth-order valence-electron chi connectivity index (χ4n) is 3.31. The average molecular weight is 200 g/mol. The molecule has 2 aliphatic rings. The summed E-state index contributed by atoms with van der Waals surface area (Å²) in [7, 11) is 0. The predicted molar refractivity (Wildman–Crippen MR) is 59.5 cm³/mol. The van der Waals surface area contributed by atoms with Gasteiger partial charge in [-0.3, -0.25) is 4.79 Å². The Hall–Kier alpha value is -1.11. The number of carbonyl (C=O) groups is 1. The van der Waals surface area contributed by atoms with E-state index in [0.29, 0.717) is 23.5 Å². The normalized spacial score (nSPS) is 33.6. The Labute approximate surface area is 90.5 Å². The van der Waals surface area contributed by atoms with Crippen molar-refractivity contribution in [1.82, 2.24) is 0 Å². The van der Waals surface area contributed by atoms with Crippen LogP contribution in [-0.4, -0.2) is 5.78 Å². The first-order chi connectivity index (χ1) is 7.34. The topological polar surface area (TPSA) is 17.1 Å². The van der Waals surface area contributed by atoms with Crippen molar-refractivity contribution in [2.75, 3.05) is 0 Å². The molecular weight excluding hydrogens is 184 g/mol. The van der Waals surface area contributed by atoms with E-state index in [9.17, 15) is 4.79 Å². The molecule has 0 N–H and O–H groups in total. The van der Waals surface area contributed by atoms with Gasteiger partial charge in [-0.25, -0.2) is 0 Å². The number of ketones is 1. The van der Waals surface area contributed by atoms with Crippen LogP contribution in [0, 0.1) is 17.8 Å². The van der Waals surface area contributed by atoms with Gasteiger partial charge in [0, 0.05) is 11.8 Å². The maximum atomic E-state index is 12.0. The van der Waals surface area contributed by atoms with Crippen LogP contribution in [0.3, 0.4) is 0 Å². The van der Waals surface area contributed by atoms with E-state index in [1.165, 1.54) is 18.4 Å². The molecule has 0 aliphatic heterocycles. The first kappa shape index (κ1) is 9.14. The molecule has 0 amide bonds. The molecule has 2 fully saturated rings. The summed E-state index contributed by atoms with van der Waals surface area (Å²) in [6, 6.07) is 10.4. The first-order valence-corrected chi connectivity index (χ1v) is 5.92. The first-order valence-electron chi connectivity index (χ1n) is 5.92. The number of fused-ring (bicyclic) bond motifs is 2. The lowest BCUT2D eigenvalue weighted by Gasteiger charge is -2.20. The Bertz CT molecular complexity index is 368. The monoisotopic (exact) mass is 200 g/mol. The lowest BCUT2D eigenvalue weighted by atomic mass is 9.83. The summed E-state index contributed by atoms with van der Waals surface area (Å²) in [5.74, 6) is 2.01. The van der Waals surface area contributed by atoms with E-state index in [1.54, 1.807) is 0 Å². The fourth-order valence-corrected chi connectivity index (χ4v) is 3.31. The van der Waals surface area contributed by atoms with Crippen molar-refractivity contribution in [1.29, 1.82) is 0 Å². The maximum Gasteiger partial charge on any atom is 0.139 e. The minimum Gasteiger partial charge on any atom is -0.299 e. The van der Waals surface area contributed by atoms with E-state index in [0.717, 1.165) is 12.8 Å². The van der Waals surface area contributed by atoms with Gasteiger partial charge in [-0.2, -0.15) is 0 Å². The van der Waals surface area contributed by atoms with Gasteiger partial charge in [0.15, 0.2) is 0 Å². The summed E-state index contributed by atoms with van der Waals surface area (Å²) in [6.45, 7) is 0. The Morgan fingerprint density at radius 1 is 1.13 bits per heavy atom. The van der Waals surface area contributed by atoms with Gasteiger partial charge in [-0.05, 0) is 37.2 Å². The van der Waals surface area contributed by atoms with Crippen molar-refractivity contribution >= 4 is 5.78 Å². The van der Waals surface area contributed by atoms with E-state index in [-0.39, 0.29) is 0 Å². The van der Waals surface area contributed by atoms with Gasteiger partial charge >= 0.3 is 0 Å². The standard InChI is InChI=1S/C14H16O/c15-14-12-7-6-11(9-12)13(14)8-10-4-2-1-3-5-10/h1-5,11-13H,6-9H2. The van der Waals surface area contributed by atoms with Crippen LogP contribution in [0.1, 0.15) is 24.8 Å². The lowest BCUT2D eigenvalue weighted by molar-refractivity contribution is -0.125. The van der Waals surface area contributed by atoms with Crippen LogP contribution in [0.2, 0.25) is 0 Å². The third-order valence-electron chi connectivity index (χ3n) is 4.11. The maximum absolute atomic E-state index is 12.0. The zero-order chi connectivity index (χ0) is 10.3. The van der Waals surface area contributed by atoms with Gasteiger partial charge in [-0.15, -0.1) is 0 Å². The number of benzene rings is 1.